The molecule has 80 valence electrons. The summed E-state index contributed by atoms with van der Waals surface area (Å²) in [5, 5.41) is 8.07. The van der Waals surface area contributed by atoms with Crippen LogP contribution in [-0.2, 0) is 6.42 Å². The van der Waals surface area contributed by atoms with Crippen LogP contribution in [0.2, 0.25) is 0 Å². The smallest absolute Gasteiger partial charge is 0.150 e. The Hall–Kier alpha value is -1.03. The van der Waals surface area contributed by atoms with Crippen molar-refractivity contribution >= 4 is 0 Å². The largest absolute Gasteiger partial charge is 0.302 e. The molecule has 0 spiro atoms. The molecular formula is C11H16N4. The normalized spacial score (nSPS) is 33.5. The van der Waals surface area contributed by atoms with Crippen molar-refractivity contribution in [2.45, 2.75) is 25.7 Å². The van der Waals surface area contributed by atoms with Crippen LogP contribution < -0.4 is 0 Å². The van der Waals surface area contributed by atoms with E-state index in [1.807, 2.05) is 6.20 Å². The maximum atomic E-state index is 4.59. The average Bonchev–Trinajstić information content (AvgIpc) is 2.91. The molecular weight excluding hydrogens is 188 g/mol. The second-order valence-electron chi connectivity index (χ2n) is 4.57. The van der Waals surface area contributed by atoms with E-state index in [9.17, 15) is 0 Å². The Morgan fingerprint density at radius 2 is 2.40 bits per heavy atom. The van der Waals surface area contributed by atoms with Crippen molar-refractivity contribution < 1.29 is 0 Å². The van der Waals surface area contributed by atoms with Gasteiger partial charge in [-0.25, -0.2) is 4.98 Å². The van der Waals surface area contributed by atoms with E-state index in [-0.39, 0.29) is 0 Å². The summed E-state index contributed by atoms with van der Waals surface area (Å²) in [5.74, 6) is 2.30. The Labute approximate surface area is 89.7 Å². The van der Waals surface area contributed by atoms with Crippen LogP contribution in [-0.4, -0.2) is 39.7 Å². The maximum absolute atomic E-state index is 4.59. The molecule has 2 fully saturated rings. The fourth-order valence-electron chi connectivity index (χ4n) is 2.80. The second kappa shape index (κ2) is 3.52. The summed E-state index contributed by atoms with van der Waals surface area (Å²) in [6.07, 6.45) is 4.06. The summed E-state index contributed by atoms with van der Waals surface area (Å²) in [4.78, 5) is 7.12. The van der Waals surface area contributed by atoms with Gasteiger partial charge in [0.15, 0.2) is 5.82 Å². The number of rotatable bonds is 2. The summed E-state index contributed by atoms with van der Waals surface area (Å²) in [5.41, 5.74) is 1.16. The fourth-order valence-corrected chi connectivity index (χ4v) is 2.80. The highest BCUT2D eigenvalue weighted by molar-refractivity contribution is 5.12. The zero-order chi connectivity index (χ0) is 10.3. The Kier molecular flexibility index (Phi) is 2.16. The molecule has 4 nitrogen and oxygen atoms in total. The summed E-state index contributed by atoms with van der Waals surface area (Å²) >= 11 is 0. The first-order valence-electron chi connectivity index (χ1n) is 5.77. The molecule has 0 saturated carbocycles. The predicted octanol–water partition coefficient (Wildman–Crippen LogP) is 0.853. The molecule has 3 atom stereocenters. The van der Waals surface area contributed by atoms with Gasteiger partial charge in [-0.1, -0.05) is 6.92 Å². The molecule has 1 aromatic rings. The monoisotopic (exact) mass is 204 g/mol. The Balaban J connectivity index is 1.86. The lowest BCUT2D eigenvalue weighted by Crippen LogP contribution is -2.23. The highest BCUT2D eigenvalue weighted by Gasteiger charge is 2.39. The Morgan fingerprint density at radius 1 is 1.47 bits per heavy atom. The van der Waals surface area contributed by atoms with Gasteiger partial charge < -0.3 is 4.90 Å². The molecule has 2 bridgehead atoms. The highest BCUT2D eigenvalue weighted by atomic mass is 15.2. The van der Waals surface area contributed by atoms with Crippen molar-refractivity contribution in [2.75, 3.05) is 19.6 Å². The van der Waals surface area contributed by atoms with Gasteiger partial charge in [0, 0.05) is 25.4 Å². The second-order valence-corrected chi connectivity index (χ2v) is 4.57. The molecule has 3 heterocycles. The molecule has 1 unspecified atom stereocenters. The zero-order valence-corrected chi connectivity index (χ0v) is 9.06. The number of nitrogens with zero attached hydrogens (tertiary/aromatic N) is 4. The van der Waals surface area contributed by atoms with E-state index in [1.165, 1.54) is 26.1 Å². The Bertz CT molecular complexity index is 365. The summed E-state index contributed by atoms with van der Waals surface area (Å²) in [6.45, 7) is 5.79. The SMILES string of the molecule is CCc1nncc([C@@H]2CN3CC[C@H]2C3)n1. The molecule has 0 N–H and O–H groups in total. The first-order chi connectivity index (χ1) is 7.36. The molecule has 2 saturated heterocycles. The first-order valence-corrected chi connectivity index (χ1v) is 5.77. The predicted molar refractivity (Wildman–Crippen MR) is 56.5 cm³/mol. The molecule has 1 aromatic heterocycles. The van der Waals surface area contributed by atoms with E-state index >= 15 is 0 Å². The van der Waals surface area contributed by atoms with Gasteiger partial charge in [0.25, 0.3) is 0 Å². The number of hydrogen-bond donors (Lipinski definition) is 0. The third kappa shape index (κ3) is 1.53. The van der Waals surface area contributed by atoms with Crippen molar-refractivity contribution in [1.82, 2.24) is 20.1 Å². The third-order valence-electron chi connectivity index (χ3n) is 3.65. The summed E-state index contributed by atoms with van der Waals surface area (Å²) < 4.78 is 0. The highest BCUT2D eigenvalue weighted by Crippen LogP contribution is 2.38. The fraction of sp³-hybridized carbons (Fsp3) is 0.727. The lowest BCUT2D eigenvalue weighted by Gasteiger charge is -2.21. The summed E-state index contributed by atoms with van der Waals surface area (Å²) in [7, 11) is 0. The molecule has 0 radical (unpaired) electrons. The molecule has 3 rings (SSSR count). The molecule has 2 aliphatic heterocycles. The van der Waals surface area contributed by atoms with E-state index in [2.05, 4.69) is 27.0 Å². The molecule has 2 aliphatic rings. The van der Waals surface area contributed by atoms with Gasteiger partial charge >= 0.3 is 0 Å². The van der Waals surface area contributed by atoms with E-state index in [0.29, 0.717) is 5.92 Å². The van der Waals surface area contributed by atoms with Gasteiger partial charge in [-0.15, -0.1) is 5.10 Å². The van der Waals surface area contributed by atoms with Gasteiger partial charge in [0.2, 0.25) is 0 Å². The lowest BCUT2D eigenvalue weighted by atomic mass is 9.90. The van der Waals surface area contributed by atoms with Crippen molar-refractivity contribution in [3.05, 3.63) is 17.7 Å². The standard InChI is InChI=1S/C11H16N4/c1-2-11-13-10(5-12-14-11)9-7-15-4-3-8(9)6-15/h5,8-9H,2-4,6-7H2,1H3/t8-,9+/m0/s1. The number of piperidine rings is 1. The minimum absolute atomic E-state index is 0.611. The van der Waals surface area contributed by atoms with Gasteiger partial charge in [0.1, 0.15) is 0 Å². The van der Waals surface area contributed by atoms with Crippen LogP contribution in [0.4, 0.5) is 0 Å². The number of aryl methyl sites for hydroxylation is 1. The molecule has 0 aliphatic carbocycles. The maximum Gasteiger partial charge on any atom is 0.150 e. The van der Waals surface area contributed by atoms with E-state index in [0.717, 1.165) is 23.9 Å². The van der Waals surface area contributed by atoms with Crippen LogP contribution in [0.1, 0.15) is 30.8 Å². The molecule has 15 heavy (non-hydrogen) atoms. The lowest BCUT2D eigenvalue weighted by molar-refractivity contribution is 0.343. The van der Waals surface area contributed by atoms with Crippen molar-refractivity contribution in [3.63, 3.8) is 0 Å². The van der Waals surface area contributed by atoms with Crippen molar-refractivity contribution in [2.24, 2.45) is 5.92 Å². The van der Waals surface area contributed by atoms with Crippen molar-refractivity contribution in [3.8, 4) is 0 Å². The number of hydrogen-bond acceptors (Lipinski definition) is 4. The minimum Gasteiger partial charge on any atom is -0.302 e. The van der Waals surface area contributed by atoms with Crippen LogP contribution in [0.25, 0.3) is 0 Å². The van der Waals surface area contributed by atoms with E-state index in [4.69, 9.17) is 0 Å². The molecule has 0 aromatic carbocycles. The summed E-state index contributed by atoms with van der Waals surface area (Å²) in [6, 6.07) is 0. The van der Waals surface area contributed by atoms with Gasteiger partial charge in [-0.05, 0) is 18.9 Å². The first kappa shape index (κ1) is 9.21. The topological polar surface area (TPSA) is 41.9 Å². The molecule has 4 heteroatoms. The zero-order valence-electron chi connectivity index (χ0n) is 9.06. The van der Waals surface area contributed by atoms with Crippen LogP contribution in [0.5, 0.6) is 0 Å². The average molecular weight is 204 g/mol. The Morgan fingerprint density at radius 3 is 3.07 bits per heavy atom. The van der Waals surface area contributed by atoms with Crippen LogP contribution in [0.15, 0.2) is 6.20 Å². The van der Waals surface area contributed by atoms with Crippen molar-refractivity contribution in [1.29, 1.82) is 0 Å². The number of fused-ring (bicyclic) bond motifs is 2. The van der Waals surface area contributed by atoms with Gasteiger partial charge in [-0.3, -0.25) is 0 Å². The van der Waals surface area contributed by atoms with Crippen LogP contribution >= 0.6 is 0 Å². The van der Waals surface area contributed by atoms with Crippen LogP contribution in [0.3, 0.4) is 0 Å². The molecule has 0 amide bonds. The van der Waals surface area contributed by atoms with E-state index < -0.39 is 0 Å². The van der Waals surface area contributed by atoms with Crippen LogP contribution in [0, 0.1) is 5.92 Å². The van der Waals surface area contributed by atoms with Gasteiger partial charge in [0.05, 0.1) is 11.9 Å². The van der Waals surface area contributed by atoms with Gasteiger partial charge in [-0.2, -0.15) is 5.10 Å². The quantitative estimate of drug-likeness (QED) is 0.716. The minimum atomic E-state index is 0.611. The van der Waals surface area contributed by atoms with E-state index in [1.54, 1.807) is 0 Å². The number of aromatic nitrogens is 3. The third-order valence-corrected chi connectivity index (χ3v) is 3.65.